The summed E-state index contributed by atoms with van der Waals surface area (Å²) in [5.74, 6) is -0.708. The van der Waals surface area contributed by atoms with Crippen LogP contribution in [-0.2, 0) is 0 Å². The number of benzene rings is 1. The van der Waals surface area contributed by atoms with Crippen LogP contribution in [0.4, 0.5) is 5.69 Å². The summed E-state index contributed by atoms with van der Waals surface area (Å²) in [7, 11) is 0. The molecule has 0 fully saturated rings. The van der Waals surface area contributed by atoms with Crippen molar-refractivity contribution in [3.05, 3.63) is 39.9 Å². The van der Waals surface area contributed by atoms with E-state index in [1.807, 2.05) is 13.8 Å². The maximum atomic E-state index is 12.0. The molecule has 1 aromatic carbocycles. The van der Waals surface area contributed by atoms with E-state index >= 15 is 0 Å². The van der Waals surface area contributed by atoms with Gasteiger partial charge in [0.2, 0.25) is 5.82 Å². The van der Waals surface area contributed by atoms with Crippen molar-refractivity contribution in [1.29, 1.82) is 0 Å². The molecule has 21 heavy (non-hydrogen) atoms. The van der Waals surface area contributed by atoms with Crippen LogP contribution < -0.4 is 5.32 Å². The van der Waals surface area contributed by atoms with Crippen LogP contribution >= 0.6 is 15.9 Å². The first kappa shape index (κ1) is 15.2. The zero-order chi connectivity index (χ0) is 15.6. The van der Waals surface area contributed by atoms with Crippen LogP contribution in [0.15, 0.2) is 22.7 Å². The van der Waals surface area contributed by atoms with E-state index in [1.165, 1.54) is 18.2 Å². The number of aromatic nitrogens is 3. The number of carboxylic acids is 1. The van der Waals surface area contributed by atoms with Gasteiger partial charge in [0, 0.05) is 10.4 Å². The number of aromatic amines is 1. The van der Waals surface area contributed by atoms with Crippen LogP contribution in [0.2, 0.25) is 0 Å². The molecule has 1 aromatic heterocycles. The lowest BCUT2D eigenvalue weighted by Gasteiger charge is -2.06. The molecule has 2 aromatic rings. The normalized spacial score (nSPS) is 10.7. The number of nitrogens with one attached hydrogen (secondary N) is 2. The summed E-state index contributed by atoms with van der Waals surface area (Å²) in [6.45, 7) is 3.87. The predicted octanol–water partition coefficient (Wildman–Crippen LogP) is 2.64. The Morgan fingerprint density at radius 1 is 1.38 bits per heavy atom. The molecule has 0 unspecified atom stereocenters. The summed E-state index contributed by atoms with van der Waals surface area (Å²) >= 11 is 3.22. The molecule has 0 saturated heterocycles. The van der Waals surface area contributed by atoms with Crippen LogP contribution in [0.3, 0.4) is 0 Å². The molecule has 0 atom stereocenters. The SMILES string of the molecule is CC(C)c1nc(C(=O)Nc2ccc(C(=O)O)cc2Br)n[nH]1. The Morgan fingerprint density at radius 3 is 2.62 bits per heavy atom. The largest absolute Gasteiger partial charge is 0.478 e. The summed E-state index contributed by atoms with van der Waals surface area (Å²) < 4.78 is 0.468. The first-order chi connectivity index (χ1) is 9.88. The number of H-pyrrole nitrogens is 1. The number of rotatable bonds is 4. The zero-order valence-corrected chi connectivity index (χ0v) is 12.9. The number of carbonyl (C=O) groups is 2. The standard InChI is InChI=1S/C13H13BrN4O3/c1-6(2)10-16-11(18-17-10)12(19)15-9-4-3-7(13(20)21)5-8(9)14/h3-6H,1-2H3,(H,15,19)(H,20,21)(H,16,17,18). The summed E-state index contributed by atoms with van der Waals surface area (Å²) in [6, 6.07) is 4.32. The van der Waals surface area contributed by atoms with Crippen LogP contribution in [-0.4, -0.2) is 32.2 Å². The fourth-order valence-corrected chi connectivity index (χ4v) is 2.04. The molecule has 1 amide bonds. The Bertz CT molecular complexity index is 696. The summed E-state index contributed by atoms with van der Waals surface area (Å²) in [4.78, 5) is 27.0. The predicted molar refractivity (Wildman–Crippen MR) is 79.5 cm³/mol. The van der Waals surface area contributed by atoms with Crippen molar-refractivity contribution >= 4 is 33.5 Å². The third-order valence-corrected chi connectivity index (χ3v) is 3.37. The van der Waals surface area contributed by atoms with E-state index < -0.39 is 11.9 Å². The molecule has 0 saturated carbocycles. The molecule has 3 N–H and O–H groups in total. The molecule has 110 valence electrons. The molecule has 8 heteroatoms. The Hall–Kier alpha value is -2.22. The number of hydrogen-bond acceptors (Lipinski definition) is 4. The minimum atomic E-state index is -1.04. The highest BCUT2D eigenvalue weighted by atomic mass is 79.9. The zero-order valence-electron chi connectivity index (χ0n) is 11.3. The molecule has 0 radical (unpaired) electrons. The van der Waals surface area contributed by atoms with Crippen molar-refractivity contribution in [2.45, 2.75) is 19.8 Å². The lowest BCUT2D eigenvalue weighted by Crippen LogP contribution is -2.14. The third kappa shape index (κ3) is 3.46. The molecule has 0 bridgehead atoms. The molecule has 1 heterocycles. The molecule has 0 aliphatic carbocycles. The van der Waals surface area contributed by atoms with Gasteiger partial charge < -0.3 is 10.4 Å². The highest BCUT2D eigenvalue weighted by Gasteiger charge is 2.16. The third-order valence-electron chi connectivity index (χ3n) is 2.72. The molecule has 0 spiro atoms. The fourth-order valence-electron chi connectivity index (χ4n) is 1.56. The quantitative estimate of drug-likeness (QED) is 0.783. The number of nitrogens with zero attached hydrogens (tertiary/aromatic N) is 2. The van der Waals surface area contributed by atoms with Gasteiger partial charge in [0.1, 0.15) is 5.82 Å². The maximum absolute atomic E-state index is 12.0. The van der Waals surface area contributed by atoms with Crippen LogP contribution in [0, 0.1) is 0 Å². The first-order valence-electron chi connectivity index (χ1n) is 6.15. The van der Waals surface area contributed by atoms with Crippen molar-refractivity contribution in [3.63, 3.8) is 0 Å². The second kappa shape index (κ2) is 6.04. The molecule has 0 aliphatic rings. The second-order valence-electron chi connectivity index (χ2n) is 4.65. The number of anilines is 1. The van der Waals surface area contributed by atoms with E-state index in [4.69, 9.17) is 5.11 Å². The van der Waals surface area contributed by atoms with Crippen LogP contribution in [0.5, 0.6) is 0 Å². The second-order valence-corrected chi connectivity index (χ2v) is 5.51. The Balaban J connectivity index is 2.17. The first-order valence-corrected chi connectivity index (χ1v) is 6.94. The molecular formula is C13H13BrN4O3. The van der Waals surface area contributed by atoms with Crippen molar-refractivity contribution < 1.29 is 14.7 Å². The van der Waals surface area contributed by atoms with E-state index in [0.29, 0.717) is 16.0 Å². The highest BCUT2D eigenvalue weighted by molar-refractivity contribution is 9.10. The number of carbonyl (C=O) groups excluding carboxylic acids is 1. The van der Waals surface area contributed by atoms with Gasteiger partial charge in [-0.3, -0.25) is 9.89 Å². The fraction of sp³-hybridized carbons (Fsp3) is 0.231. The van der Waals surface area contributed by atoms with E-state index in [-0.39, 0.29) is 17.3 Å². The van der Waals surface area contributed by atoms with E-state index in [0.717, 1.165) is 0 Å². The van der Waals surface area contributed by atoms with Gasteiger partial charge in [0.15, 0.2) is 0 Å². The summed E-state index contributed by atoms with van der Waals surface area (Å²) in [6.07, 6.45) is 0. The number of amides is 1. The van der Waals surface area contributed by atoms with Gasteiger partial charge >= 0.3 is 5.97 Å². The number of carboxylic acid groups (broad SMARTS) is 1. The number of aromatic carboxylic acids is 1. The number of hydrogen-bond donors (Lipinski definition) is 3. The molecular weight excluding hydrogens is 340 g/mol. The molecule has 0 aliphatic heterocycles. The monoisotopic (exact) mass is 352 g/mol. The van der Waals surface area contributed by atoms with Crippen molar-refractivity contribution in [2.75, 3.05) is 5.32 Å². The Morgan fingerprint density at radius 2 is 2.10 bits per heavy atom. The minimum Gasteiger partial charge on any atom is -0.478 e. The van der Waals surface area contributed by atoms with Gasteiger partial charge in [0.05, 0.1) is 11.3 Å². The highest BCUT2D eigenvalue weighted by Crippen LogP contribution is 2.24. The maximum Gasteiger partial charge on any atom is 0.335 e. The lowest BCUT2D eigenvalue weighted by molar-refractivity contribution is 0.0696. The summed E-state index contributed by atoms with van der Waals surface area (Å²) in [5, 5.41) is 18.1. The Labute approximate surface area is 128 Å². The van der Waals surface area contributed by atoms with Gasteiger partial charge in [-0.1, -0.05) is 13.8 Å². The van der Waals surface area contributed by atoms with Gasteiger partial charge in [-0.05, 0) is 34.1 Å². The van der Waals surface area contributed by atoms with E-state index in [2.05, 4.69) is 36.4 Å². The van der Waals surface area contributed by atoms with Crippen LogP contribution in [0.25, 0.3) is 0 Å². The van der Waals surface area contributed by atoms with Gasteiger partial charge in [-0.15, -0.1) is 5.10 Å². The van der Waals surface area contributed by atoms with Gasteiger partial charge in [-0.25, -0.2) is 9.78 Å². The topological polar surface area (TPSA) is 108 Å². The average molecular weight is 353 g/mol. The Kier molecular flexibility index (Phi) is 4.37. The van der Waals surface area contributed by atoms with Crippen LogP contribution in [0.1, 0.15) is 46.6 Å². The van der Waals surface area contributed by atoms with Gasteiger partial charge in [0.25, 0.3) is 5.91 Å². The van der Waals surface area contributed by atoms with Crippen molar-refractivity contribution in [1.82, 2.24) is 15.2 Å². The molecule has 7 nitrogen and oxygen atoms in total. The average Bonchev–Trinajstić information content (AvgIpc) is 2.90. The number of halogens is 1. The summed E-state index contributed by atoms with van der Waals surface area (Å²) in [5.41, 5.74) is 0.570. The van der Waals surface area contributed by atoms with Gasteiger partial charge in [-0.2, -0.15) is 0 Å². The van der Waals surface area contributed by atoms with Crippen molar-refractivity contribution in [3.8, 4) is 0 Å². The smallest absolute Gasteiger partial charge is 0.335 e. The minimum absolute atomic E-state index is 0.0351. The lowest BCUT2D eigenvalue weighted by atomic mass is 10.2. The van der Waals surface area contributed by atoms with E-state index in [9.17, 15) is 9.59 Å². The van der Waals surface area contributed by atoms with E-state index in [1.54, 1.807) is 0 Å². The molecule has 2 rings (SSSR count). The van der Waals surface area contributed by atoms with Crippen molar-refractivity contribution in [2.24, 2.45) is 0 Å².